The smallest absolute Gasteiger partial charge is 0.256 e. The van der Waals surface area contributed by atoms with E-state index in [2.05, 4.69) is 9.71 Å². The molecule has 8 heteroatoms. The van der Waals surface area contributed by atoms with E-state index in [0.717, 1.165) is 11.6 Å². The van der Waals surface area contributed by atoms with Crippen molar-refractivity contribution in [1.82, 2.24) is 9.71 Å². The Morgan fingerprint density at radius 2 is 1.48 bits per heavy atom. The predicted octanol–water partition coefficient (Wildman–Crippen LogP) is 5.50. The first-order valence-electron chi connectivity index (χ1n) is 9.30. The molecule has 0 aliphatic rings. The number of hydrogen-bond acceptors (Lipinski definition) is 3. The van der Waals surface area contributed by atoms with Crippen LogP contribution in [0.25, 0.3) is 33.2 Å². The molecular weight excluding hydrogens is 425 g/mol. The normalized spacial score (nSPS) is 12.3. The van der Waals surface area contributed by atoms with Crippen molar-refractivity contribution in [1.29, 1.82) is 0 Å². The maximum atomic E-state index is 13.4. The van der Waals surface area contributed by atoms with Gasteiger partial charge in [0.2, 0.25) is 10.0 Å². The van der Waals surface area contributed by atoms with Gasteiger partial charge in [0.15, 0.2) is 0 Å². The number of nitrogens with zero attached hydrogens (tertiary/aromatic N) is 1. The SMILES string of the molecule is CNS(=O)(=O)c1cccc(-c2cccc(-c3ccnc4c(C(F)(F)F)cccc34)c2)c1. The highest BCUT2D eigenvalue weighted by atomic mass is 32.2. The van der Waals surface area contributed by atoms with Crippen molar-refractivity contribution in [2.75, 3.05) is 7.05 Å². The summed E-state index contributed by atoms with van der Waals surface area (Å²) in [7, 11) is -2.26. The number of para-hydroxylation sites is 1. The first-order valence-corrected chi connectivity index (χ1v) is 10.8. The number of aromatic nitrogens is 1. The lowest BCUT2D eigenvalue weighted by atomic mass is 9.96. The van der Waals surface area contributed by atoms with Gasteiger partial charge in [-0.1, -0.05) is 42.5 Å². The first-order chi connectivity index (χ1) is 14.7. The lowest BCUT2D eigenvalue weighted by Crippen LogP contribution is -2.18. The van der Waals surface area contributed by atoms with Gasteiger partial charge in [0.25, 0.3) is 0 Å². The largest absolute Gasteiger partial charge is 0.418 e. The minimum Gasteiger partial charge on any atom is -0.256 e. The van der Waals surface area contributed by atoms with Crippen LogP contribution >= 0.6 is 0 Å². The van der Waals surface area contributed by atoms with Crippen molar-refractivity contribution in [3.8, 4) is 22.3 Å². The van der Waals surface area contributed by atoms with Crippen LogP contribution in [0.5, 0.6) is 0 Å². The number of rotatable bonds is 4. The Bertz CT molecular complexity index is 1380. The van der Waals surface area contributed by atoms with E-state index in [9.17, 15) is 21.6 Å². The van der Waals surface area contributed by atoms with Crippen LogP contribution in [0, 0.1) is 0 Å². The second-order valence-corrected chi connectivity index (χ2v) is 8.76. The van der Waals surface area contributed by atoms with Crippen LogP contribution in [0.2, 0.25) is 0 Å². The Hall–Kier alpha value is -3.23. The van der Waals surface area contributed by atoms with Gasteiger partial charge in [0.05, 0.1) is 16.0 Å². The monoisotopic (exact) mass is 442 g/mol. The standard InChI is InChI=1S/C23H17F3N2O2S/c1-27-31(29,30)18-8-3-6-16(14-18)15-5-2-7-17(13-15)19-11-12-28-22-20(19)9-4-10-21(22)23(24,25)26/h2-14,27H,1H3. The predicted molar refractivity (Wildman–Crippen MR) is 114 cm³/mol. The number of halogens is 3. The van der Waals surface area contributed by atoms with Crippen LogP contribution < -0.4 is 4.72 Å². The van der Waals surface area contributed by atoms with Crippen LogP contribution in [0.3, 0.4) is 0 Å². The second kappa shape index (κ2) is 7.79. The fourth-order valence-electron chi connectivity index (χ4n) is 3.48. The molecule has 0 atom stereocenters. The van der Waals surface area contributed by atoms with E-state index >= 15 is 0 Å². The van der Waals surface area contributed by atoms with Crippen LogP contribution in [-0.4, -0.2) is 20.4 Å². The maximum absolute atomic E-state index is 13.4. The molecule has 0 bridgehead atoms. The van der Waals surface area contributed by atoms with Crippen LogP contribution in [0.1, 0.15) is 5.56 Å². The Balaban J connectivity index is 1.86. The second-order valence-electron chi connectivity index (χ2n) is 6.87. The molecule has 0 saturated heterocycles. The third-order valence-electron chi connectivity index (χ3n) is 5.00. The average Bonchev–Trinajstić information content (AvgIpc) is 2.78. The molecule has 1 aromatic heterocycles. The summed E-state index contributed by atoms with van der Waals surface area (Å²) in [5.41, 5.74) is 1.83. The van der Waals surface area contributed by atoms with E-state index in [1.54, 1.807) is 42.5 Å². The Labute approximate surface area is 177 Å². The third kappa shape index (κ3) is 4.04. The number of benzene rings is 3. The van der Waals surface area contributed by atoms with Gasteiger partial charge in [-0.25, -0.2) is 13.1 Å². The highest BCUT2D eigenvalue weighted by Crippen LogP contribution is 2.37. The molecule has 0 unspecified atom stereocenters. The van der Waals surface area contributed by atoms with Crippen molar-refractivity contribution in [3.63, 3.8) is 0 Å². The molecule has 1 heterocycles. The summed E-state index contributed by atoms with van der Waals surface area (Å²) in [6, 6.07) is 19.4. The number of alkyl halides is 3. The van der Waals surface area contributed by atoms with Gasteiger partial charge in [0, 0.05) is 11.6 Å². The fraction of sp³-hybridized carbons (Fsp3) is 0.0870. The molecule has 0 spiro atoms. The van der Waals surface area contributed by atoms with Crippen molar-refractivity contribution in [2.45, 2.75) is 11.1 Å². The molecule has 0 aliphatic heterocycles. The summed E-state index contributed by atoms with van der Waals surface area (Å²) in [6.45, 7) is 0. The number of nitrogens with one attached hydrogen (secondary N) is 1. The zero-order chi connectivity index (χ0) is 22.2. The van der Waals surface area contributed by atoms with Gasteiger partial charge in [-0.2, -0.15) is 13.2 Å². The molecule has 0 aliphatic carbocycles. The summed E-state index contributed by atoms with van der Waals surface area (Å²) in [5, 5.41) is 0.390. The lowest BCUT2D eigenvalue weighted by Gasteiger charge is -2.13. The summed E-state index contributed by atoms with van der Waals surface area (Å²) in [6.07, 6.45) is -3.15. The van der Waals surface area contributed by atoms with E-state index in [4.69, 9.17) is 0 Å². The molecule has 158 valence electrons. The number of pyridine rings is 1. The number of fused-ring (bicyclic) bond motifs is 1. The Kier molecular flexibility index (Phi) is 5.28. The summed E-state index contributed by atoms with van der Waals surface area (Å²) >= 11 is 0. The summed E-state index contributed by atoms with van der Waals surface area (Å²) in [5.74, 6) is 0. The topological polar surface area (TPSA) is 59.1 Å². The molecule has 0 fully saturated rings. The maximum Gasteiger partial charge on any atom is 0.418 e. The minimum absolute atomic E-state index is 0.111. The molecule has 1 N–H and O–H groups in total. The number of sulfonamides is 1. The van der Waals surface area contributed by atoms with Crippen molar-refractivity contribution in [3.05, 3.63) is 84.6 Å². The molecule has 31 heavy (non-hydrogen) atoms. The summed E-state index contributed by atoms with van der Waals surface area (Å²) in [4.78, 5) is 4.10. The zero-order valence-corrected chi connectivity index (χ0v) is 17.1. The quantitative estimate of drug-likeness (QED) is 0.454. The van der Waals surface area contributed by atoms with E-state index in [1.807, 2.05) is 12.1 Å². The van der Waals surface area contributed by atoms with Gasteiger partial charge in [-0.3, -0.25) is 4.98 Å². The van der Waals surface area contributed by atoms with Crippen molar-refractivity contribution < 1.29 is 21.6 Å². The van der Waals surface area contributed by atoms with Gasteiger partial charge in [-0.15, -0.1) is 0 Å². The van der Waals surface area contributed by atoms with Crippen molar-refractivity contribution in [2.24, 2.45) is 0 Å². The van der Waals surface area contributed by atoms with E-state index in [0.29, 0.717) is 22.1 Å². The molecule has 3 aromatic carbocycles. The molecular formula is C23H17F3N2O2S. The fourth-order valence-corrected chi connectivity index (χ4v) is 4.26. The van der Waals surface area contributed by atoms with E-state index < -0.39 is 21.8 Å². The van der Waals surface area contributed by atoms with Crippen LogP contribution in [0.15, 0.2) is 83.9 Å². The molecule has 0 saturated carbocycles. The molecule has 0 radical (unpaired) electrons. The Morgan fingerprint density at radius 1 is 0.839 bits per heavy atom. The Morgan fingerprint density at radius 3 is 2.19 bits per heavy atom. The summed E-state index contributed by atoms with van der Waals surface area (Å²) < 4.78 is 66.7. The van der Waals surface area contributed by atoms with Crippen molar-refractivity contribution >= 4 is 20.9 Å². The molecule has 4 nitrogen and oxygen atoms in total. The number of hydrogen-bond donors (Lipinski definition) is 1. The highest BCUT2D eigenvalue weighted by Gasteiger charge is 2.33. The van der Waals surface area contributed by atoms with Gasteiger partial charge in [0.1, 0.15) is 0 Å². The molecule has 4 rings (SSSR count). The molecule has 0 amide bonds. The van der Waals surface area contributed by atoms with Crippen LogP contribution in [0.4, 0.5) is 13.2 Å². The van der Waals surface area contributed by atoms with Gasteiger partial charge in [-0.05, 0) is 59.6 Å². The third-order valence-corrected chi connectivity index (χ3v) is 6.41. The average molecular weight is 442 g/mol. The van der Waals surface area contributed by atoms with Gasteiger partial charge < -0.3 is 0 Å². The van der Waals surface area contributed by atoms with Gasteiger partial charge >= 0.3 is 6.18 Å². The minimum atomic E-state index is -4.51. The first kappa shape index (κ1) is 21.0. The zero-order valence-electron chi connectivity index (χ0n) is 16.3. The van der Waals surface area contributed by atoms with E-state index in [1.165, 1.54) is 25.4 Å². The lowest BCUT2D eigenvalue weighted by molar-refractivity contribution is -0.136. The van der Waals surface area contributed by atoms with Crippen LogP contribution in [-0.2, 0) is 16.2 Å². The highest BCUT2D eigenvalue weighted by molar-refractivity contribution is 7.89. The molecule has 4 aromatic rings. The van der Waals surface area contributed by atoms with E-state index in [-0.39, 0.29) is 10.4 Å².